The number of aromatic nitrogens is 1. The molecule has 0 unspecified atom stereocenters. The lowest BCUT2D eigenvalue weighted by Gasteiger charge is -2.02. The van der Waals surface area contributed by atoms with Crippen LogP contribution in [0, 0.1) is 0 Å². The van der Waals surface area contributed by atoms with Gasteiger partial charge < -0.3 is 10.1 Å². The van der Waals surface area contributed by atoms with Crippen molar-refractivity contribution in [3.05, 3.63) is 32.2 Å². The highest BCUT2D eigenvalue weighted by Crippen LogP contribution is 2.19. The van der Waals surface area contributed by atoms with Gasteiger partial charge in [-0.25, -0.2) is 13.6 Å². The Morgan fingerprint density at radius 2 is 2.14 bits per heavy atom. The van der Waals surface area contributed by atoms with Crippen molar-refractivity contribution < 1.29 is 18.7 Å². The normalized spacial score (nSPS) is 10.6. The summed E-state index contributed by atoms with van der Waals surface area (Å²) >= 11 is 2.75. The van der Waals surface area contributed by atoms with Gasteiger partial charge in [0.15, 0.2) is 0 Å². The molecule has 2 N–H and O–H groups in total. The molecule has 0 aromatic carbocycles. The maximum Gasteiger partial charge on any atom is 0.338 e. The molecule has 0 aliphatic rings. The summed E-state index contributed by atoms with van der Waals surface area (Å²) in [5.74, 6) is -1.39. The zero-order valence-electron chi connectivity index (χ0n) is 6.55. The largest absolute Gasteiger partial charge is 0.478 e. The monoisotopic (exact) mass is 267 g/mol. The minimum Gasteiger partial charge on any atom is -0.478 e. The Balaban J connectivity index is 3.42. The molecule has 14 heavy (non-hydrogen) atoms. The molecule has 0 saturated carbocycles. The number of carbonyl (C=O) groups is 1. The summed E-state index contributed by atoms with van der Waals surface area (Å²) in [4.78, 5) is 23.4. The fourth-order valence-corrected chi connectivity index (χ4v) is 1.31. The molecule has 4 nitrogen and oxygen atoms in total. The second-order valence-electron chi connectivity index (χ2n) is 2.39. The molecule has 0 atom stereocenters. The number of aromatic amines is 1. The second kappa shape index (κ2) is 3.87. The molecule has 1 heterocycles. The fourth-order valence-electron chi connectivity index (χ4n) is 0.841. The van der Waals surface area contributed by atoms with Crippen molar-refractivity contribution in [1.29, 1.82) is 0 Å². The molecule has 1 aromatic rings. The number of nitrogens with one attached hydrogen (secondary N) is 1. The smallest absolute Gasteiger partial charge is 0.338 e. The third kappa shape index (κ3) is 1.98. The Kier molecular flexibility index (Phi) is 3.00. The van der Waals surface area contributed by atoms with Gasteiger partial charge in [0.1, 0.15) is 0 Å². The van der Waals surface area contributed by atoms with Gasteiger partial charge in [0.2, 0.25) is 0 Å². The molecule has 1 rings (SSSR count). The van der Waals surface area contributed by atoms with Crippen molar-refractivity contribution in [2.45, 2.75) is 6.43 Å². The van der Waals surface area contributed by atoms with E-state index < -0.39 is 29.1 Å². The maximum atomic E-state index is 12.2. The van der Waals surface area contributed by atoms with Crippen molar-refractivity contribution in [2.75, 3.05) is 0 Å². The third-order valence-corrected chi connectivity index (χ3v) is 2.11. The van der Waals surface area contributed by atoms with Gasteiger partial charge >= 0.3 is 5.97 Å². The molecule has 0 fully saturated rings. The van der Waals surface area contributed by atoms with E-state index in [1.807, 2.05) is 4.98 Å². The first-order chi connectivity index (χ1) is 6.43. The van der Waals surface area contributed by atoms with Crippen LogP contribution < -0.4 is 5.56 Å². The molecule has 0 bridgehead atoms. The number of carboxylic acid groups (broad SMARTS) is 1. The van der Waals surface area contributed by atoms with E-state index in [1.54, 1.807) is 0 Å². The average molecular weight is 268 g/mol. The molecule has 0 saturated heterocycles. The maximum absolute atomic E-state index is 12.2. The van der Waals surface area contributed by atoms with Crippen LogP contribution >= 0.6 is 15.9 Å². The lowest BCUT2D eigenvalue weighted by atomic mass is 10.2. The van der Waals surface area contributed by atoms with E-state index in [4.69, 9.17) is 5.11 Å². The number of hydrogen-bond donors (Lipinski definition) is 2. The fraction of sp³-hybridized carbons (Fsp3) is 0.143. The molecule has 0 aliphatic carbocycles. The van der Waals surface area contributed by atoms with Crippen LogP contribution in [0.5, 0.6) is 0 Å². The number of pyridine rings is 1. The van der Waals surface area contributed by atoms with E-state index in [0.29, 0.717) is 6.07 Å². The first-order valence-corrected chi connectivity index (χ1v) is 4.17. The second-order valence-corrected chi connectivity index (χ2v) is 3.18. The predicted molar refractivity (Wildman–Crippen MR) is 46.7 cm³/mol. The van der Waals surface area contributed by atoms with E-state index in [9.17, 15) is 18.4 Å². The molecule has 7 heteroatoms. The van der Waals surface area contributed by atoms with E-state index in [-0.39, 0.29) is 4.60 Å². The summed E-state index contributed by atoms with van der Waals surface area (Å²) in [5, 5.41) is 8.57. The molecule has 0 radical (unpaired) electrons. The number of carboxylic acids is 1. The van der Waals surface area contributed by atoms with Gasteiger partial charge in [-0.15, -0.1) is 0 Å². The standard InChI is InChI=1S/C7H4BrF2NO3/c8-4-2(7(13)14)1-3(5(9)10)6(12)11-4/h1,5H,(H,11,12)(H,13,14). The van der Waals surface area contributed by atoms with E-state index in [0.717, 1.165) is 0 Å². The predicted octanol–water partition coefficient (Wildman–Crippen LogP) is 1.77. The minimum atomic E-state index is -3.00. The quantitative estimate of drug-likeness (QED) is 0.803. The highest BCUT2D eigenvalue weighted by Gasteiger charge is 2.18. The summed E-state index contributed by atoms with van der Waals surface area (Å²) in [7, 11) is 0. The molecular weight excluding hydrogens is 264 g/mol. The Morgan fingerprint density at radius 1 is 1.57 bits per heavy atom. The van der Waals surface area contributed by atoms with Gasteiger partial charge in [-0.2, -0.15) is 0 Å². The Labute approximate surface area is 84.7 Å². The van der Waals surface area contributed by atoms with E-state index in [2.05, 4.69) is 15.9 Å². The first kappa shape index (κ1) is 10.8. The zero-order chi connectivity index (χ0) is 10.9. The van der Waals surface area contributed by atoms with Crippen LogP contribution in [0.4, 0.5) is 8.78 Å². The Morgan fingerprint density at radius 3 is 2.57 bits per heavy atom. The van der Waals surface area contributed by atoms with Crippen LogP contribution in [-0.2, 0) is 0 Å². The van der Waals surface area contributed by atoms with Crippen LogP contribution in [0.1, 0.15) is 22.3 Å². The lowest BCUT2D eigenvalue weighted by Crippen LogP contribution is -2.16. The molecule has 1 aromatic heterocycles. The van der Waals surface area contributed by atoms with Gasteiger partial charge in [-0.3, -0.25) is 4.79 Å². The van der Waals surface area contributed by atoms with Crippen LogP contribution in [0.3, 0.4) is 0 Å². The Hall–Kier alpha value is -1.24. The molecule has 76 valence electrons. The van der Waals surface area contributed by atoms with Gasteiger partial charge in [0.25, 0.3) is 12.0 Å². The average Bonchev–Trinajstić information content (AvgIpc) is 2.02. The number of hydrogen-bond acceptors (Lipinski definition) is 2. The summed E-state index contributed by atoms with van der Waals surface area (Å²) in [6.07, 6.45) is -3.00. The number of H-pyrrole nitrogens is 1. The number of aromatic carboxylic acids is 1. The molecule has 0 spiro atoms. The Bertz CT molecular complexity index is 429. The summed E-state index contributed by atoms with van der Waals surface area (Å²) in [6.45, 7) is 0. The van der Waals surface area contributed by atoms with Crippen LogP contribution in [0.25, 0.3) is 0 Å². The van der Waals surface area contributed by atoms with Gasteiger partial charge in [0.05, 0.1) is 15.7 Å². The van der Waals surface area contributed by atoms with Crippen LogP contribution in [0.2, 0.25) is 0 Å². The molecule has 0 amide bonds. The van der Waals surface area contributed by atoms with Crippen LogP contribution in [0.15, 0.2) is 15.5 Å². The molecule has 0 aliphatic heterocycles. The van der Waals surface area contributed by atoms with Crippen molar-refractivity contribution >= 4 is 21.9 Å². The first-order valence-electron chi connectivity index (χ1n) is 3.37. The van der Waals surface area contributed by atoms with E-state index in [1.165, 1.54) is 0 Å². The van der Waals surface area contributed by atoms with Crippen LogP contribution in [-0.4, -0.2) is 16.1 Å². The highest BCUT2D eigenvalue weighted by molar-refractivity contribution is 9.10. The van der Waals surface area contributed by atoms with Crippen molar-refractivity contribution in [3.8, 4) is 0 Å². The van der Waals surface area contributed by atoms with E-state index >= 15 is 0 Å². The lowest BCUT2D eigenvalue weighted by molar-refractivity contribution is 0.0694. The molecular formula is C7H4BrF2NO3. The minimum absolute atomic E-state index is 0.126. The van der Waals surface area contributed by atoms with Gasteiger partial charge in [-0.1, -0.05) is 0 Å². The summed E-state index contributed by atoms with van der Waals surface area (Å²) in [6, 6.07) is 0.649. The zero-order valence-corrected chi connectivity index (χ0v) is 8.14. The van der Waals surface area contributed by atoms with Gasteiger partial charge in [0, 0.05) is 0 Å². The summed E-state index contributed by atoms with van der Waals surface area (Å²) < 4.78 is 24.2. The van der Waals surface area contributed by atoms with Crippen molar-refractivity contribution in [3.63, 3.8) is 0 Å². The number of halogens is 3. The number of rotatable bonds is 2. The topological polar surface area (TPSA) is 70.2 Å². The van der Waals surface area contributed by atoms with Crippen molar-refractivity contribution in [2.24, 2.45) is 0 Å². The highest BCUT2D eigenvalue weighted by atomic mass is 79.9. The SMILES string of the molecule is O=C(O)c1cc(C(F)F)c(=O)[nH]c1Br. The summed E-state index contributed by atoms with van der Waals surface area (Å²) in [5.41, 5.74) is -2.26. The van der Waals surface area contributed by atoms with Crippen molar-refractivity contribution in [1.82, 2.24) is 4.98 Å². The van der Waals surface area contributed by atoms with Gasteiger partial charge in [-0.05, 0) is 22.0 Å². The third-order valence-electron chi connectivity index (χ3n) is 1.49. The number of alkyl halides is 2.